The number of anilines is 1. The highest BCUT2D eigenvalue weighted by molar-refractivity contribution is 5.79. The van der Waals surface area contributed by atoms with E-state index < -0.39 is 0 Å². The molecule has 1 saturated heterocycles. The van der Waals surface area contributed by atoms with Crippen LogP contribution in [0.4, 0.5) is 5.95 Å². The van der Waals surface area contributed by atoms with E-state index in [0.717, 1.165) is 49.4 Å². The zero-order chi connectivity index (χ0) is 19.6. The molecule has 2 aromatic rings. The highest BCUT2D eigenvalue weighted by Gasteiger charge is 2.26. The second-order valence-corrected chi connectivity index (χ2v) is 7.63. The van der Waals surface area contributed by atoms with Crippen LogP contribution in [0.25, 0.3) is 11.1 Å². The van der Waals surface area contributed by atoms with Gasteiger partial charge in [-0.3, -0.25) is 4.79 Å². The molecule has 1 aromatic heterocycles. The number of nitrogens with one attached hydrogen (secondary N) is 1. The maximum atomic E-state index is 12.5. The lowest BCUT2D eigenvalue weighted by molar-refractivity contribution is -0.125. The van der Waals surface area contributed by atoms with Gasteiger partial charge in [-0.1, -0.05) is 62.9 Å². The largest absolute Gasteiger partial charge is 0.356 e. The van der Waals surface area contributed by atoms with Crippen LogP contribution in [0.5, 0.6) is 0 Å². The van der Waals surface area contributed by atoms with Gasteiger partial charge < -0.3 is 10.2 Å². The Morgan fingerprint density at radius 3 is 2.57 bits per heavy atom. The fourth-order valence-corrected chi connectivity index (χ4v) is 3.72. The van der Waals surface area contributed by atoms with Gasteiger partial charge in [-0.15, -0.1) is 0 Å². The second kappa shape index (κ2) is 10.8. The maximum Gasteiger partial charge on any atom is 0.225 e. The molecule has 1 aromatic carbocycles. The van der Waals surface area contributed by atoms with Crippen molar-refractivity contribution in [3.8, 4) is 11.1 Å². The second-order valence-electron chi connectivity index (χ2n) is 7.63. The first-order valence-electron chi connectivity index (χ1n) is 10.7. The number of piperidine rings is 1. The Bertz CT molecular complexity index is 717. The third kappa shape index (κ3) is 5.78. The zero-order valence-corrected chi connectivity index (χ0v) is 16.9. The lowest BCUT2D eigenvalue weighted by atomic mass is 9.97. The van der Waals surface area contributed by atoms with Crippen LogP contribution in [0, 0.1) is 5.92 Å². The minimum Gasteiger partial charge on any atom is -0.356 e. The van der Waals surface area contributed by atoms with Crippen molar-refractivity contribution in [2.45, 2.75) is 51.9 Å². The van der Waals surface area contributed by atoms with E-state index in [4.69, 9.17) is 0 Å². The molecule has 0 radical (unpaired) electrons. The van der Waals surface area contributed by atoms with Crippen LogP contribution in [0.1, 0.15) is 51.9 Å². The van der Waals surface area contributed by atoms with Crippen LogP contribution >= 0.6 is 0 Å². The highest BCUT2D eigenvalue weighted by Crippen LogP contribution is 2.22. The van der Waals surface area contributed by atoms with Crippen LogP contribution < -0.4 is 10.2 Å². The topological polar surface area (TPSA) is 58.1 Å². The summed E-state index contributed by atoms with van der Waals surface area (Å²) in [5.74, 6) is 0.930. The molecule has 3 rings (SSSR count). The molecule has 150 valence electrons. The molecular weight excluding hydrogens is 348 g/mol. The molecule has 0 aliphatic carbocycles. The third-order valence-electron chi connectivity index (χ3n) is 5.40. The average Bonchev–Trinajstić information content (AvgIpc) is 2.77. The minimum absolute atomic E-state index is 0.0294. The molecule has 1 unspecified atom stereocenters. The van der Waals surface area contributed by atoms with Gasteiger partial charge in [0.25, 0.3) is 0 Å². The Morgan fingerprint density at radius 2 is 1.82 bits per heavy atom. The molecule has 0 bridgehead atoms. The van der Waals surface area contributed by atoms with E-state index in [-0.39, 0.29) is 11.8 Å². The van der Waals surface area contributed by atoms with Gasteiger partial charge in [0.15, 0.2) is 0 Å². The van der Waals surface area contributed by atoms with Crippen molar-refractivity contribution >= 4 is 11.9 Å². The SMILES string of the molecule is CCCCCCCNC(=O)C1CCCN(c2ncc(-c3ccccc3)cn2)C1. The first kappa shape index (κ1) is 20.3. The number of amides is 1. The number of aromatic nitrogens is 2. The average molecular weight is 381 g/mol. The van der Waals surface area contributed by atoms with Crippen molar-refractivity contribution in [1.29, 1.82) is 0 Å². The van der Waals surface area contributed by atoms with Crippen LogP contribution in [0.3, 0.4) is 0 Å². The van der Waals surface area contributed by atoms with Crippen LogP contribution in [-0.4, -0.2) is 35.5 Å². The molecule has 5 heteroatoms. The number of unbranched alkanes of at least 4 members (excludes halogenated alkanes) is 4. The summed E-state index contributed by atoms with van der Waals surface area (Å²) in [6, 6.07) is 10.1. The molecule has 1 fully saturated rings. The molecule has 2 heterocycles. The number of carbonyl (C=O) groups excluding carboxylic acids is 1. The summed E-state index contributed by atoms with van der Waals surface area (Å²) in [5, 5.41) is 3.13. The lowest BCUT2D eigenvalue weighted by Gasteiger charge is -2.32. The zero-order valence-electron chi connectivity index (χ0n) is 16.9. The Hall–Kier alpha value is -2.43. The first-order chi connectivity index (χ1) is 13.8. The fourth-order valence-electron chi connectivity index (χ4n) is 3.72. The standard InChI is InChI=1S/C23H32N4O/c1-2-3-4-5-9-14-24-22(28)20-13-10-15-27(18-20)23-25-16-21(17-26-23)19-11-7-6-8-12-19/h6-8,11-12,16-17,20H,2-5,9-10,13-15,18H2,1H3,(H,24,28). The predicted octanol–water partition coefficient (Wildman–Crippen LogP) is 4.45. The summed E-state index contributed by atoms with van der Waals surface area (Å²) in [6.07, 6.45) is 11.8. The Kier molecular flexibility index (Phi) is 7.82. The molecule has 0 saturated carbocycles. The molecular formula is C23H32N4O. The van der Waals surface area contributed by atoms with Gasteiger partial charge in [-0.25, -0.2) is 9.97 Å². The van der Waals surface area contributed by atoms with Gasteiger partial charge in [0.1, 0.15) is 0 Å². The molecule has 1 N–H and O–H groups in total. The monoisotopic (exact) mass is 380 g/mol. The van der Waals surface area contributed by atoms with Gasteiger partial charge >= 0.3 is 0 Å². The van der Waals surface area contributed by atoms with Gasteiger partial charge in [-0.05, 0) is 24.8 Å². The number of nitrogens with zero attached hydrogens (tertiary/aromatic N) is 3. The van der Waals surface area contributed by atoms with Crippen molar-refractivity contribution in [2.24, 2.45) is 5.92 Å². The van der Waals surface area contributed by atoms with Crippen molar-refractivity contribution in [1.82, 2.24) is 15.3 Å². The summed E-state index contributed by atoms with van der Waals surface area (Å²) in [7, 11) is 0. The molecule has 5 nitrogen and oxygen atoms in total. The Morgan fingerprint density at radius 1 is 1.07 bits per heavy atom. The number of benzene rings is 1. The minimum atomic E-state index is 0.0294. The number of hydrogen-bond acceptors (Lipinski definition) is 4. The third-order valence-corrected chi connectivity index (χ3v) is 5.40. The first-order valence-corrected chi connectivity index (χ1v) is 10.7. The summed E-state index contributed by atoms with van der Waals surface area (Å²) < 4.78 is 0. The van der Waals surface area contributed by atoms with Gasteiger partial charge in [0.05, 0.1) is 5.92 Å². The maximum absolute atomic E-state index is 12.5. The van der Waals surface area contributed by atoms with Crippen LogP contribution in [0.15, 0.2) is 42.7 Å². The van der Waals surface area contributed by atoms with Crippen LogP contribution in [0.2, 0.25) is 0 Å². The van der Waals surface area contributed by atoms with Gasteiger partial charge in [-0.2, -0.15) is 0 Å². The predicted molar refractivity (Wildman–Crippen MR) is 114 cm³/mol. The van der Waals surface area contributed by atoms with E-state index >= 15 is 0 Å². The smallest absolute Gasteiger partial charge is 0.225 e. The molecule has 1 atom stereocenters. The molecule has 1 aliphatic heterocycles. The van der Waals surface area contributed by atoms with Crippen molar-refractivity contribution in [2.75, 3.05) is 24.5 Å². The molecule has 28 heavy (non-hydrogen) atoms. The molecule has 0 spiro atoms. The summed E-state index contributed by atoms with van der Waals surface area (Å²) >= 11 is 0. The van der Waals surface area contributed by atoms with E-state index in [2.05, 4.69) is 39.2 Å². The van der Waals surface area contributed by atoms with Crippen molar-refractivity contribution < 1.29 is 4.79 Å². The Labute approximate surface area is 168 Å². The number of rotatable bonds is 9. The normalized spacial score (nSPS) is 16.8. The van der Waals surface area contributed by atoms with Crippen molar-refractivity contribution in [3.05, 3.63) is 42.7 Å². The quantitative estimate of drug-likeness (QED) is 0.653. The van der Waals surface area contributed by atoms with Crippen molar-refractivity contribution in [3.63, 3.8) is 0 Å². The highest BCUT2D eigenvalue weighted by atomic mass is 16.1. The van der Waals surface area contributed by atoms with Gasteiger partial charge in [0, 0.05) is 37.6 Å². The van der Waals surface area contributed by atoms with E-state index in [1.807, 2.05) is 30.6 Å². The van der Waals surface area contributed by atoms with E-state index in [9.17, 15) is 4.79 Å². The molecule has 1 aliphatic rings. The molecule has 1 amide bonds. The van der Waals surface area contributed by atoms with E-state index in [0.29, 0.717) is 6.54 Å². The van der Waals surface area contributed by atoms with Gasteiger partial charge in [0.2, 0.25) is 11.9 Å². The summed E-state index contributed by atoms with van der Waals surface area (Å²) in [6.45, 7) is 4.62. The number of carbonyl (C=O) groups is 1. The number of hydrogen-bond donors (Lipinski definition) is 1. The van der Waals surface area contributed by atoms with Crippen LogP contribution in [-0.2, 0) is 4.79 Å². The fraction of sp³-hybridized carbons (Fsp3) is 0.522. The summed E-state index contributed by atoms with van der Waals surface area (Å²) in [4.78, 5) is 23.8. The van der Waals surface area contributed by atoms with E-state index in [1.54, 1.807) is 0 Å². The van der Waals surface area contributed by atoms with E-state index in [1.165, 1.54) is 25.7 Å². The summed E-state index contributed by atoms with van der Waals surface area (Å²) in [5.41, 5.74) is 2.13. The lowest BCUT2D eigenvalue weighted by Crippen LogP contribution is -2.43. The Balaban J connectivity index is 1.49.